The molecule has 3 rings (SSSR count). The first-order valence-electron chi connectivity index (χ1n) is 9.61. The second kappa shape index (κ2) is 8.37. The van der Waals surface area contributed by atoms with Crippen LogP contribution in [0, 0.1) is 6.92 Å². The average molecular weight is 367 g/mol. The first kappa shape index (κ1) is 19.1. The van der Waals surface area contributed by atoms with Gasteiger partial charge in [0.05, 0.1) is 5.92 Å². The van der Waals surface area contributed by atoms with E-state index in [-0.39, 0.29) is 11.8 Å². The molecular formula is C21H29N5O. The van der Waals surface area contributed by atoms with Crippen LogP contribution in [0.4, 0.5) is 11.6 Å². The van der Waals surface area contributed by atoms with Crippen molar-refractivity contribution in [2.45, 2.75) is 26.2 Å². The van der Waals surface area contributed by atoms with Crippen molar-refractivity contribution in [1.29, 1.82) is 0 Å². The monoisotopic (exact) mass is 367 g/mol. The van der Waals surface area contributed by atoms with Gasteiger partial charge >= 0.3 is 0 Å². The molecule has 2 heterocycles. The Labute approximate surface area is 161 Å². The molecule has 1 aliphatic heterocycles. The van der Waals surface area contributed by atoms with Gasteiger partial charge in [-0.1, -0.05) is 37.3 Å². The Hall–Kier alpha value is -2.63. The quantitative estimate of drug-likeness (QED) is 0.813. The van der Waals surface area contributed by atoms with E-state index in [1.54, 1.807) is 0 Å². The molecular weight excluding hydrogens is 338 g/mol. The van der Waals surface area contributed by atoms with Crippen molar-refractivity contribution in [2.75, 3.05) is 50.1 Å². The number of hydrogen-bond donors (Lipinski definition) is 0. The summed E-state index contributed by atoms with van der Waals surface area (Å²) in [5.41, 5.74) is 1.11. The summed E-state index contributed by atoms with van der Waals surface area (Å²) in [6, 6.07) is 12.1. The summed E-state index contributed by atoms with van der Waals surface area (Å²) in [5.74, 6) is 2.79. The highest BCUT2D eigenvalue weighted by Gasteiger charge is 2.28. The van der Waals surface area contributed by atoms with Crippen LogP contribution in [0.3, 0.4) is 0 Å². The maximum absolute atomic E-state index is 13.0. The predicted molar refractivity (Wildman–Crippen MR) is 109 cm³/mol. The van der Waals surface area contributed by atoms with Crippen LogP contribution in [0.2, 0.25) is 0 Å². The number of benzene rings is 1. The highest BCUT2D eigenvalue weighted by molar-refractivity contribution is 5.84. The number of aromatic nitrogens is 2. The number of rotatable bonds is 5. The molecule has 0 N–H and O–H groups in total. The molecule has 0 saturated carbocycles. The van der Waals surface area contributed by atoms with Crippen molar-refractivity contribution in [2.24, 2.45) is 0 Å². The number of piperazine rings is 1. The zero-order chi connectivity index (χ0) is 19.4. The van der Waals surface area contributed by atoms with Gasteiger partial charge in [-0.25, -0.2) is 9.97 Å². The van der Waals surface area contributed by atoms with Gasteiger partial charge in [0.2, 0.25) is 5.91 Å². The fourth-order valence-corrected chi connectivity index (χ4v) is 3.54. The zero-order valence-corrected chi connectivity index (χ0v) is 16.7. The van der Waals surface area contributed by atoms with Gasteiger partial charge in [0, 0.05) is 46.3 Å². The van der Waals surface area contributed by atoms with Gasteiger partial charge in [0.1, 0.15) is 17.5 Å². The Morgan fingerprint density at radius 1 is 1.11 bits per heavy atom. The second-order valence-corrected chi connectivity index (χ2v) is 7.21. The molecule has 6 heteroatoms. The van der Waals surface area contributed by atoms with Crippen LogP contribution in [0.5, 0.6) is 0 Å². The van der Waals surface area contributed by atoms with Crippen LogP contribution < -0.4 is 9.80 Å². The molecule has 1 saturated heterocycles. The van der Waals surface area contributed by atoms with Crippen molar-refractivity contribution >= 4 is 17.5 Å². The molecule has 1 fully saturated rings. The van der Waals surface area contributed by atoms with Crippen molar-refractivity contribution in [3.63, 3.8) is 0 Å². The van der Waals surface area contributed by atoms with Gasteiger partial charge in [-0.3, -0.25) is 4.79 Å². The Morgan fingerprint density at radius 2 is 1.78 bits per heavy atom. The molecule has 0 aliphatic carbocycles. The fraction of sp³-hybridized carbons (Fsp3) is 0.476. The molecule has 2 aromatic rings. The highest BCUT2D eigenvalue weighted by Crippen LogP contribution is 2.24. The highest BCUT2D eigenvalue weighted by atomic mass is 16.2. The van der Waals surface area contributed by atoms with Crippen LogP contribution in [0.15, 0.2) is 36.4 Å². The Balaban J connectivity index is 1.67. The van der Waals surface area contributed by atoms with E-state index in [9.17, 15) is 4.79 Å². The lowest BCUT2D eigenvalue weighted by molar-refractivity contribution is -0.133. The minimum absolute atomic E-state index is 0.0561. The number of aryl methyl sites for hydroxylation is 1. The fourth-order valence-electron chi connectivity index (χ4n) is 3.54. The van der Waals surface area contributed by atoms with Crippen LogP contribution in [-0.2, 0) is 4.79 Å². The van der Waals surface area contributed by atoms with Crippen molar-refractivity contribution in [3.8, 4) is 0 Å². The van der Waals surface area contributed by atoms with E-state index in [0.717, 1.165) is 55.6 Å². The minimum Gasteiger partial charge on any atom is -0.363 e. The summed E-state index contributed by atoms with van der Waals surface area (Å²) in [7, 11) is 3.97. The standard InChI is InChI=1S/C21H29N5O/c1-5-18(17-9-7-6-8-10-17)21(27)26-13-11-25(12-14-26)20-15-19(24(3)4)22-16(2)23-20/h6-10,15,18H,5,11-14H2,1-4H3. The van der Waals surface area contributed by atoms with Gasteiger partial charge in [-0.15, -0.1) is 0 Å². The largest absolute Gasteiger partial charge is 0.363 e. The molecule has 0 radical (unpaired) electrons. The van der Waals surface area contributed by atoms with Crippen molar-refractivity contribution < 1.29 is 4.79 Å². The maximum atomic E-state index is 13.0. The van der Waals surface area contributed by atoms with E-state index in [1.165, 1.54) is 0 Å². The third-order valence-electron chi connectivity index (χ3n) is 5.09. The number of nitrogens with zero attached hydrogens (tertiary/aromatic N) is 5. The van der Waals surface area contributed by atoms with E-state index in [2.05, 4.69) is 33.9 Å². The Morgan fingerprint density at radius 3 is 2.37 bits per heavy atom. The average Bonchev–Trinajstić information content (AvgIpc) is 2.69. The first-order valence-corrected chi connectivity index (χ1v) is 9.61. The molecule has 0 spiro atoms. The van der Waals surface area contributed by atoms with Crippen LogP contribution in [-0.4, -0.2) is 61.0 Å². The smallest absolute Gasteiger partial charge is 0.230 e. The summed E-state index contributed by atoms with van der Waals surface area (Å²) in [6.45, 7) is 7.03. The number of hydrogen-bond acceptors (Lipinski definition) is 5. The number of carbonyl (C=O) groups is 1. The molecule has 1 aromatic carbocycles. The van der Waals surface area contributed by atoms with Gasteiger partial charge in [-0.2, -0.15) is 0 Å². The number of anilines is 2. The summed E-state index contributed by atoms with van der Waals surface area (Å²) in [6.07, 6.45) is 0.820. The van der Waals surface area contributed by atoms with E-state index in [0.29, 0.717) is 0 Å². The topological polar surface area (TPSA) is 52.6 Å². The Bertz CT molecular complexity index is 769. The van der Waals surface area contributed by atoms with Crippen LogP contribution >= 0.6 is 0 Å². The minimum atomic E-state index is -0.0561. The lowest BCUT2D eigenvalue weighted by Crippen LogP contribution is -2.50. The first-order chi connectivity index (χ1) is 13.0. The molecule has 1 amide bonds. The molecule has 1 unspecified atom stereocenters. The zero-order valence-electron chi connectivity index (χ0n) is 16.7. The molecule has 1 aliphatic rings. The third kappa shape index (κ3) is 4.38. The number of amides is 1. The maximum Gasteiger partial charge on any atom is 0.230 e. The van der Waals surface area contributed by atoms with Crippen LogP contribution in [0.25, 0.3) is 0 Å². The van der Waals surface area contributed by atoms with E-state index >= 15 is 0 Å². The normalized spacial score (nSPS) is 15.6. The van der Waals surface area contributed by atoms with Gasteiger partial charge in [0.25, 0.3) is 0 Å². The molecule has 0 bridgehead atoms. The number of carbonyl (C=O) groups excluding carboxylic acids is 1. The SMILES string of the molecule is CCC(C(=O)N1CCN(c2cc(N(C)C)nc(C)n2)CC1)c1ccccc1. The van der Waals surface area contributed by atoms with Crippen LogP contribution in [0.1, 0.15) is 30.7 Å². The van der Waals surface area contributed by atoms with Gasteiger partial charge in [-0.05, 0) is 18.9 Å². The molecule has 1 aromatic heterocycles. The second-order valence-electron chi connectivity index (χ2n) is 7.21. The van der Waals surface area contributed by atoms with Crippen molar-refractivity contribution in [3.05, 3.63) is 47.8 Å². The van der Waals surface area contributed by atoms with Gasteiger partial charge < -0.3 is 14.7 Å². The van der Waals surface area contributed by atoms with Crippen molar-refractivity contribution in [1.82, 2.24) is 14.9 Å². The molecule has 1 atom stereocenters. The summed E-state index contributed by atoms with van der Waals surface area (Å²) >= 11 is 0. The summed E-state index contributed by atoms with van der Waals surface area (Å²) in [4.78, 5) is 28.3. The molecule has 144 valence electrons. The molecule has 27 heavy (non-hydrogen) atoms. The van der Waals surface area contributed by atoms with E-state index in [4.69, 9.17) is 0 Å². The van der Waals surface area contributed by atoms with Gasteiger partial charge in [0.15, 0.2) is 0 Å². The summed E-state index contributed by atoms with van der Waals surface area (Å²) in [5, 5.41) is 0. The predicted octanol–water partition coefficient (Wildman–Crippen LogP) is 2.69. The third-order valence-corrected chi connectivity index (χ3v) is 5.09. The lowest BCUT2D eigenvalue weighted by atomic mass is 9.95. The van der Waals surface area contributed by atoms with E-state index in [1.807, 2.05) is 55.1 Å². The lowest BCUT2D eigenvalue weighted by Gasteiger charge is -2.37. The van der Waals surface area contributed by atoms with E-state index < -0.39 is 0 Å². The Kier molecular flexibility index (Phi) is 5.94. The summed E-state index contributed by atoms with van der Waals surface area (Å²) < 4.78 is 0. The molecule has 6 nitrogen and oxygen atoms in total.